The van der Waals surface area contributed by atoms with Crippen molar-refractivity contribution < 1.29 is 31.8 Å². The second-order valence-electron chi connectivity index (χ2n) is 9.10. The summed E-state index contributed by atoms with van der Waals surface area (Å²) >= 11 is 0. The molecule has 0 bridgehead atoms. The number of nitrogens with zero attached hydrogens (tertiary/aromatic N) is 2. The van der Waals surface area contributed by atoms with Crippen LogP contribution >= 0.6 is 0 Å². The van der Waals surface area contributed by atoms with Gasteiger partial charge in [-0.2, -0.15) is 0 Å². The van der Waals surface area contributed by atoms with Crippen molar-refractivity contribution in [3.05, 3.63) is 35.8 Å². The van der Waals surface area contributed by atoms with Crippen molar-refractivity contribution in [2.24, 2.45) is 0 Å². The number of anilines is 1. The number of aliphatic hydroxyl groups is 2. The van der Waals surface area contributed by atoms with Gasteiger partial charge in [0.05, 0.1) is 29.6 Å². The molecule has 0 spiro atoms. The zero-order valence-corrected chi connectivity index (χ0v) is 22.4. The molecule has 2 amide bonds. The number of rotatable bonds is 13. The summed E-state index contributed by atoms with van der Waals surface area (Å²) in [6, 6.07) is 0.727. The highest BCUT2D eigenvalue weighted by Crippen LogP contribution is 2.53. The van der Waals surface area contributed by atoms with Gasteiger partial charge in [0.1, 0.15) is 10.6 Å². The van der Waals surface area contributed by atoms with E-state index in [9.17, 15) is 26.7 Å². The van der Waals surface area contributed by atoms with E-state index in [4.69, 9.17) is 5.11 Å². The molecule has 3 rings (SSSR count). The van der Waals surface area contributed by atoms with E-state index in [-0.39, 0.29) is 50.0 Å². The molecular formula is C23H35N5O7S2. The molecule has 14 heteroatoms. The van der Waals surface area contributed by atoms with E-state index >= 15 is 0 Å². The molecule has 5 N–H and O–H groups in total. The Labute approximate surface area is 217 Å². The van der Waals surface area contributed by atoms with Crippen LogP contribution in [0.25, 0.3) is 5.57 Å². The van der Waals surface area contributed by atoms with E-state index in [1.54, 1.807) is 31.2 Å². The Morgan fingerprint density at radius 1 is 1.24 bits per heavy atom. The first-order valence-corrected chi connectivity index (χ1v) is 15.7. The lowest BCUT2D eigenvalue weighted by molar-refractivity contribution is 0.239. The van der Waals surface area contributed by atoms with E-state index in [1.165, 1.54) is 0 Å². The van der Waals surface area contributed by atoms with Crippen molar-refractivity contribution in [1.82, 2.24) is 20.6 Å². The maximum atomic E-state index is 13.0. The minimum Gasteiger partial charge on any atom is -0.396 e. The van der Waals surface area contributed by atoms with E-state index in [2.05, 4.69) is 25.9 Å². The third kappa shape index (κ3) is 7.49. The first kappa shape index (κ1) is 29.0. The second kappa shape index (κ2) is 12.3. The van der Waals surface area contributed by atoms with Gasteiger partial charge in [0.15, 0.2) is 25.5 Å². The molecule has 0 aromatic carbocycles. The minimum atomic E-state index is -3.56. The average Bonchev–Trinajstić information content (AvgIpc) is 3.61. The van der Waals surface area contributed by atoms with Crippen molar-refractivity contribution in [2.75, 3.05) is 48.9 Å². The molecule has 1 aromatic rings. The SMILES string of the molecule is C/C=C(\C=C/CNC(=O)NC1CCS(=O)(=O)C1)c1nc(NCCO)cc(C2(S(=O)(=O)CCCO)CC2)n1. The van der Waals surface area contributed by atoms with Gasteiger partial charge in [-0.25, -0.2) is 31.6 Å². The van der Waals surface area contributed by atoms with E-state index in [0.717, 1.165) is 0 Å². The quantitative estimate of drug-likeness (QED) is 0.208. The van der Waals surface area contributed by atoms with E-state index < -0.39 is 36.5 Å². The van der Waals surface area contributed by atoms with Gasteiger partial charge in [-0.15, -0.1) is 0 Å². The third-order valence-electron chi connectivity index (χ3n) is 6.30. The summed E-state index contributed by atoms with van der Waals surface area (Å²) in [6.45, 7) is 1.82. The van der Waals surface area contributed by atoms with Crippen molar-refractivity contribution in [1.29, 1.82) is 0 Å². The Kier molecular flexibility index (Phi) is 9.67. The third-order valence-corrected chi connectivity index (χ3v) is 10.7. The Bertz CT molecular complexity index is 1240. The maximum absolute atomic E-state index is 13.0. The number of sulfone groups is 2. The lowest BCUT2D eigenvalue weighted by Crippen LogP contribution is -2.42. The van der Waals surface area contributed by atoms with Crippen molar-refractivity contribution in [2.45, 2.75) is 43.4 Å². The first-order chi connectivity index (χ1) is 17.6. The molecule has 1 saturated carbocycles. The van der Waals surface area contributed by atoms with E-state index in [1.807, 2.05) is 0 Å². The summed E-state index contributed by atoms with van der Waals surface area (Å²) in [5.74, 6) is 0.548. The van der Waals surface area contributed by atoms with Crippen LogP contribution < -0.4 is 16.0 Å². The standard InChI is InChI=1S/C23H35N5O7S2/c1-2-17(5-3-9-25-22(31)26-18-6-14-36(32,33)16-18)21-27-19(15-20(28-21)24-10-12-30)23(7-8-23)37(34,35)13-4-11-29/h2-3,5,15,18,29-30H,4,6-14,16H2,1H3,(H,24,27,28)(H2,25,26,31)/b5-3-,17-2+. The molecular weight excluding hydrogens is 522 g/mol. The van der Waals surface area contributed by atoms with Crippen LogP contribution in [-0.4, -0.2) is 92.7 Å². The summed E-state index contributed by atoms with van der Waals surface area (Å²) in [5, 5.41) is 26.6. The average molecular weight is 558 g/mol. The van der Waals surface area contributed by atoms with Gasteiger partial charge in [0.25, 0.3) is 0 Å². The number of carbonyl (C=O) groups excluding carboxylic acids is 1. The van der Waals surface area contributed by atoms with Gasteiger partial charge in [-0.3, -0.25) is 0 Å². The van der Waals surface area contributed by atoms with E-state index in [0.29, 0.717) is 42.2 Å². The number of aliphatic hydroxyl groups excluding tert-OH is 2. The maximum Gasteiger partial charge on any atom is 0.315 e. The highest BCUT2D eigenvalue weighted by atomic mass is 32.2. The van der Waals surface area contributed by atoms with Gasteiger partial charge in [0.2, 0.25) is 0 Å². The molecule has 2 aliphatic rings. The number of carbonyl (C=O) groups is 1. The molecule has 1 aliphatic carbocycles. The van der Waals surface area contributed by atoms with Crippen LogP contribution in [0.1, 0.15) is 44.1 Å². The summed E-state index contributed by atoms with van der Waals surface area (Å²) in [6.07, 6.45) is 6.55. The summed E-state index contributed by atoms with van der Waals surface area (Å²) in [5.41, 5.74) is 0.967. The van der Waals surface area contributed by atoms with Crippen molar-refractivity contribution in [3.63, 3.8) is 0 Å². The van der Waals surface area contributed by atoms with Gasteiger partial charge in [0, 0.05) is 37.4 Å². The predicted octanol–water partition coefficient (Wildman–Crippen LogP) is 0.113. The molecule has 12 nitrogen and oxygen atoms in total. The van der Waals surface area contributed by atoms with Crippen molar-refractivity contribution in [3.8, 4) is 0 Å². The molecule has 0 radical (unpaired) electrons. The number of allylic oxidation sites excluding steroid dienone is 3. The fourth-order valence-electron chi connectivity index (χ4n) is 4.16. The first-order valence-electron chi connectivity index (χ1n) is 12.2. The molecule has 2 fully saturated rings. The fourth-order valence-corrected chi connectivity index (χ4v) is 7.88. The van der Waals surface area contributed by atoms with Crippen molar-refractivity contribution >= 4 is 37.1 Å². The topological polar surface area (TPSA) is 188 Å². The number of nitrogens with one attached hydrogen (secondary N) is 3. The molecule has 1 saturated heterocycles. The van der Waals surface area contributed by atoms with Crippen LogP contribution in [0.4, 0.5) is 10.6 Å². The Balaban J connectivity index is 1.73. The molecule has 2 heterocycles. The normalized spacial score (nSPS) is 20.6. The highest BCUT2D eigenvalue weighted by molar-refractivity contribution is 7.92. The zero-order chi connectivity index (χ0) is 27.1. The van der Waals surface area contributed by atoms with Gasteiger partial charge < -0.3 is 26.2 Å². The number of hydrogen-bond acceptors (Lipinski definition) is 10. The molecule has 37 heavy (non-hydrogen) atoms. The lowest BCUT2D eigenvalue weighted by atomic mass is 10.2. The summed E-state index contributed by atoms with van der Waals surface area (Å²) in [7, 11) is -6.65. The Morgan fingerprint density at radius 3 is 2.59 bits per heavy atom. The summed E-state index contributed by atoms with van der Waals surface area (Å²) < 4.78 is 48.0. The lowest BCUT2D eigenvalue weighted by Gasteiger charge is -2.18. The molecule has 1 aromatic heterocycles. The van der Waals surface area contributed by atoms with Crippen LogP contribution in [0.3, 0.4) is 0 Å². The number of amides is 2. The van der Waals surface area contributed by atoms with Gasteiger partial charge >= 0.3 is 6.03 Å². The summed E-state index contributed by atoms with van der Waals surface area (Å²) in [4.78, 5) is 21.1. The Morgan fingerprint density at radius 2 is 2.00 bits per heavy atom. The highest BCUT2D eigenvalue weighted by Gasteiger charge is 2.56. The fraction of sp³-hybridized carbons (Fsp3) is 0.609. The van der Waals surface area contributed by atoms with Gasteiger partial charge in [-0.05, 0) is 32.6 Å². The largest absolute Gasteiger partial charge is 0.396 e. The number of urea groups is 1. The minimum absolute atomic E-state index is 0.0590. The van der Waals surface area contributed by atoms with Crippen LogP contribution in [0, 0.1) is 0 Å². The van der Waals surface area contributed by atoms with Crippen LogP contribution in [0.5, 0.6) is 0 Å². The molecule has 1 aliphatic heterocycles. The second-order valence-corrected chi connectivity index (χ2v) is 13.8. The monoisotopic (exact) mass is 557 g/mol. The van der Waals surface area contributed by atoms with Crippen LogP contribution in [0.2, 0.25) is 0 Å². The number of hydrogen-bond donors (Lipinski definition) is 5. The smallest absolute Gasteiger partial charge is 0.315 e. The van der Waals surface area contributed by atoms with Crippen LogP contribution in [-0.2, 0) is 24.4 Å². The van der Waals surface area contributed by atoms with Crippen LogP contribution in [0.15, 0.2) is 24.3 Å². The zero-order valence-electron chi connectivity index (χ0n) is 20.8. The predicted molar refractivity (Wildman–Crippen MR) is 140 cm³/mol. The molecule has 1 unspecified atom stereocenters. The molecule has 206 valence electrons. The molecule has 1 atom stereocenters. The van der Waals surface area contributed by atoms with Gasteiger partial charge in [-0.1, -0.05) is 18.2 Å². The number of aromatic nitrogens is 2. The Hall–Kier alpha value is -2.55.